The van der Waals surface area contributed by atoms with Gasteiger partial charge < -0.3 is 4.90 Å². The van der Waals surface area contributed by atoms with Crippen LogP contribution >= 0.6 is 0 Å². The summed E-state index contributed by atoms with van der Waals surface area (Å²) in [5.74, 6) is -0.736. The molecule has 0 amide bonds. The standard InChI is InChI=1S/C21H9F12N5/c1-38(14-4-2-8-10(18(22,23)24)6-12(20(28,29)30)34-16(8)36-14)15-5-3-9-11(19(25,26)27)7-13(21(31,32)33)35-17(9)37-15/h2-7H,1H3. The fourth-order valence-corrected chi connectivity index (χ4v) is 3.44. The molecule has 38 heavy (non-hydrogen) atoms. The molecule has 4 heterocycles. The second-order valence-corrected chi connectivity index (χ2v) is 7.74. The molecule has 0 saturated carbocycles. The van der Waals surface area contributed by atoms with E-state index in [1.54, 1.807) is 0 Å². The Balaban J connectivity index is 1.87. The first kappa shape index (κ1) is 27.1. The third kappa shape index (κ3) is 5.08. The lowest BCUT2D eigenvalue weighted by molar-refractivity contribution is -0.146. The van der Waals surface area contributed by atoms with E-state index in [4.69, 9.17) is 0 Å². The molecule has 4 aromatic rings. The predicted octanol–water partition coefficient (Wildman–Crippen LogP) is 7.42. The Morgan fingerprint density at radius 2 is 0.842 bits per heavy atom. The molecule has 0 radical (unpaired) electrons. The van der Waals surface area contributed by atoms with Gasteiger partial charge in [-0.05, 0) is 36.4 Å². The van der Waals surface area contributed by atoms with Gasteiger partial charge in [0.25, 0.3) is 0 Å². The van der Waals surface area contributed by atoms with Crippen LogP contribution in [0.25, 0.3) is 22.1 Å². The third-order valence-electron chi connectivity index (χ3n) is 5.19. The van der Waals surface area contributed by atoms with Gasteiger partial charge in [-0.3, -0.25) is 0 Å². The van der Waals surface area contributed by atoms with Gasteiger partial charge >= 0.3 is 24.7 Å². The van der Waals surface area contributed by atoms with Crippen LogP contribution in [0.4, 0.5) is 64.3 Å². The van der Waals surface area contributed by atoms with Crippen LogP contribution in [0.15, 0.2) is 36.4 Å². The van der Waals surface area contributed by atoms with E-state index in [0.29, 0.717) is 0 Å². The molecule has 5 nitrogen and oxygen atoms in total. The van der Waals surface area contributed by atoms with Crippen LogP contribution in [0, 0.1) is 0 Å². The van der Waals surface area contributed by atoms with E-state index >= 15 is 0 Å². The summed E-state index contributed by atoms with van der Waals surface area (Å²) >= 11 is 0. The quantitative estimate of drug-likeness (QED) is 0.240. The molecule has 4 aromatic heterocycles. The highest BCUT2D eigenvalue weighted by atomic mass is 19.4. The van der Waals surface area contributed by atoms with Crippen LogP contribution in [0.1, 0.15) is 22.5 Å². The number of hydrogen-bond acceptors (Lipinski definition) is 5. The van der Waals surface area contributed by atoms with Crippen molar-refractivity contribution in [2.45, 2.75) is 24.7 Å². The van der Waals surface area contributed by atoms with E-state index in [-0.39, 0.29) is 23.8 Å². The summed E-state index contributed by atoms with van der Waals surface area (Å²) in [6, 6.07) is 3.04. The zero-order chi connectivity index (χ0) is 28.4. The van der Waals surface area contributed by atoms with Gasteiger partial charge in [0.05, 0.1) is 11.1 Å². The number of fused-ring (bicyclic) bond motifs is 2. The Morgan fingerprint density at radius 1 is 0.500 bits per heavy atom. The first-order valence-corrected chi connectivity index (χ1v) is 9.93. The molecule has 0 saturated heterocycles. The molecule has 17 heteroatoms. The van der Waals surface area contributed by atoms with Crippen LogP contribution in [-0.4, -0.2) is 27.0 Å². The Morgan fingerprint density at radius 3 is 1.13 bits per heavy atom. The van der Waals surface area contributed by atoms with E-state index in [1.165, 1.54) is 0 Å². The summed E-state index contributed by atoms with van der Waals surface area (Å²) < 4.78 is 159. The lowest BCUT2D eigenvalue weighted by atomic mass is 10.1. The smallest absolute Gasteiger partial charge is 0.314 e. The molecular weight excluding hydrogens is 550 g/mol. The molecule has 0 fully saturated rings. The molecule has 0 aliphatic carbocycles. The lowest BCUT2D eigenvalue weighted by Crippen LogP contribution is -2.17. The summed E-state index contributed by atoms with van der Waals surface area (Å²) in [7, 11) is 1.12. The normalized spacial score (nSPS) is 13.4. The second kappa shape index (κ2) is 8.56. The van der Waals surface area contributed by atoms with Crippen LogP contribution < -0.4 is 4.90 Å². The minimum Gasteiger partial charge on any atom is -0.314 e. The van der Waals surface area contributed by atoms with Gasteiger partial charge in [0.2, 0.25) is 0 Å². The Kier molecular flexibility index (Phi) is 6.11. The fraction of sp³-hybridized carbons (Fsp3) is 0.238. The van der Waals surface area contributed by atoms with Gasteiger partial charge in [-0.1, -0.05) is 0 Å². The SMILES string of the molecule is CN(c1ccc2c(C(F)(F)F)cc(C(F)(F)F)nc2n1)c1ccc2c(C(F)(F)F)cc(C(F)(F)F)nc2n1. The molecule has 0 spiro atoms. The summed E-state index contributed by atoms with van der Waals surface area (Å²) in [5, 5.41) is -1.55. The maximum Gasteiger partial charge on any atom is 0.433 e. The van der Waals surface area contributed by atoms with Crippen molar-refractivity contribution < 1.29 is 52.7 Å². The van der Waals surface area contributed by atoms with Crippen molar-refractivity contribution >= 4 is 33.7 Å². The maximum absolute atomic E-state index is 13.4. The van der Waals surface area contributed by atoms with Crippen molar-refractivity contribution in [3.8, 4) is 0 Å². The number of aromatic nitrogens is 4. The van der Waals surface area contributed by atoms with Gasteiger partial charge in [0.15, 0.2) is 11.3 Å². The van der Waals surface area contributed by atoms with E-state index in [0.717, 1.165) is 36.2 Å². The molecule has 0 N–H and O–H groups in total. The highest BCUT2D eigenvalue weighted by Crippen LogP contribution is 2.40. The highest BCUT2D eigenvalue weighted by molar-refractivity contribution is 5.84. The first-order valence-electron chi connectivity index (χ1n) is 9.93. The molecule has 0 bridgehead atoms. The van der Waals surface area contributed by atoms with Crippen molar-refractivity contribution in [1.29, 1.82) is 0 Å². The molecule has 0 unspecified atom stereocenters. The molecule has 0 aliphatic heterocycles. The Labute approximate surface area is 202 Å². The lowest BCUT2D eigenvalue weighted by Gasteiger charge is -2.20. The van der Waals surface area contributed by atoms with Gasteiger partial charge in [-0.2, -0.15) is 52.7 Å². The molecular formula is C21H9F12N5. The van der Waals surface area contributed by atoms with Crippen molar-refractivity contribution in [3.63, 3.8) is 0 Å². The summed E-state index contributed by atoms with van der Waals surface area (Å²) in [6.07, 6.45) is -20.9. The van der Waals surface area contributed by atoms with Crippen molar-refractivity contribution in [2.75, 3.05) is 11.9 Å². The number of hydrogen-bond donors (Lipinski definition) is 0. The van der Waals surface area contributed by atoms with Gasteiger partial charge in [0.1, 0.15) is 23.0 Å². The molecule has 4 rings (SSSR count). The van der Waals surface area contributed by atoms with Gasteiger partial charge in [-0.25, -0.2) is 19.9 Å². The highest BCUT2D eigenvalue weighted by Gasteiger charge is 2.41. The van der Waals surface area contributed by atoms with E-state index in [2.05, 4.69) is 19.9 Å². The Hall–Kier alpha value is -3.92. The largest absolute Gasteiger partial charge is 0.433 e. The van der Waals surface area contributed by atoms with E-state index < -0.39 is 69.3 Å². The number of anilines is 2. The third-order valence-corrected chi connectivity index (χ3v) is 5.19. The number of pyridine rings is 4. The van der Waals surface area contributed by atoms with Crippen LogP contribution in [-0.2, 0) is 24.7 Å². The molecule has 0 aromatic carbocycles. The Bertz CT molecular complexity index is 1420. The summed E-state index contributed by atoms with van der Waals surface area (Å²) in [5.41, 5.74) is -9.01. The van der Waals surface area contributed by atoms with Crippen molar-refractivity contribution in [3.05, 3.63) is 58.9 Å². The molecule has 0 atom stereocenters. The van der Waals surface area contributed by atoms with Crippen molar-refractivity contribution in [2.24, 2.45) is 0 Å². The topological polar surface area (TPSA) is 54.8 Å². The zero-order valence-electron chi connectivity index (χ0n) is 18.2. The number of rotatable bonds is 2. The molecule has 0 aliphatic rings. The van der Waals surface area contributed by atoms with Gasteiger partial charge in [0, 0.05) is 17.8 Å². The number of alkyl halides is 12. The minimum atomic E-state index is -5.25. The zero-order valence-corrected chi connectivity index (χ0v) is 18.2. The van der Waals surface area contributed by atoms with Crippen molar-refractivity contribution in [1.82, 2.24) is 19.9 Å². The first-order chi connectivity index (χ1) is 17.3. The van der Waals surface area contributed by atoms with Crippen LogP contribution in [0.3, 0.4) is 0 Å². The number of halogens is 12. The van der Waals surface area contributed by atoms with E-state index in [1.807, 2.05) is 0 Å². The minimum absolute atomic E-state index is 0.180. The van der Waals surface area contributed by atoms with Crippen LogP contribution in [0.2, 0.25) is 0 Å². The average Bonchev–Trinajstić information content (AvgIpc) is 2.78. The summed E-state index contributed by atoms with van der Waals surface area (Å²) in [6.45, 7) is 0. The predicted molar refractivity (Wildman–Crippen MR) is 107 cm³/mol. The van der Waals surface area contributed by atoms with Gasteiger partial charge in [-0.15, -0.1) is 0 Å². The maximum atomic E-state index is 13.4. The fourth-order valence-electron chi connectivity index (χ4n) is 3.44. The summed E-state index contributed by atoms with van der Waals surface area (Å²) in [4.78, 5) is 14.6. The van der Waals surface area contributed by atoms with Crippen LogP contribution in [0.5, 0.6) is 0 Å². The number of nitrogens with zero attached hydrogens (tertiary/aromatic N) is 5. The average molecular weight is 559 g/mol. The van der Waals surface area contributed by atoms with E-state index in [9.17, 15) is 52.7 Å². The monoisotopic (exact) mass is 559 g/mol. The second-order valence-electron chi connectivity index (χ2n) is 7.74. The molecule has 202 valence electrons.